The van der Waals surface area contributed by atoms with Gasteiger partial charge in [-0.2, -0.15) is 0 Å². The second kappa shape index (κ2) is 4.72. The Morgan fingerprint density at radius 2 is 1.60 bits per heavy atom. The zero-order chi connectivity index (χ0) is 14.3. The summed E-state index contributed by atoms with van der Waals surface area (Å²) in [4.78, 5) is 0. The first-order chi connectivity index (χ1) is 9.56. The first-order valence-electron chi connectivity index (χ1n) is 5.86. The maximum Gasteiger partial charge on any atom is 0.231 e. The van der Waals surface area contributed by atoms with Gasteiger partial charge in [0, 0.05) is 17.7 Å². The van der Waals surface area contributed by atoms with Crippen LogP contribution in [0.25, 0.3) is 0 Å². The largest absolute Gasteiger partial charge is 0.454 e. The Balaban J connectivity index is 2.03. The Morgan fingerprint density at radius 1 is 0.950 bits per heavy atom. The number of hydrogen-bond donors (Lipinski definition) is 1. The number of rotatable bonds is 2. The minimum atomic E-state index is -1.06. The quantitative estimate of drug-likeness (QED) is 0.920. The van der Waals surface area contributed by atoms with Crippen LogP contribution in [0, 0.1) is 17.5 Å². The van der Waals surface area contributed by atoms with Gasteiger partial charge in [0.1, 0.15) is 17.5 Å². The van der Waals surface area contributed by atoms with Crippen molar-refractivity contribution in [3.63, 3.8) is 0 Å². The van der Waals surface area contributed by atoms with Crippen molar-refractivity contribution in [2.24, 2.45) is 5.73 Å². The van der Waals surface area contributed by atoms with Gasteiger partial charge in [-0.3, -0.25) is 0 Å². The van der Waals surface area contributed by atoms with E-state index in [4.69, 9.17) is 15.2 Å². The lowest BCUT2D eigenvalue weighted by Crippen LogP contribution is -2.16. The molecule has 1 atom stereocenters. The summed E-state index contributed by atoms with van der Waals surface area (Å²) in [6.45, 7) is 0.0906. The van der Waals surface area contributed by atoms with Crippen LogP contribution in [0.4, 0.5) is 13.2 Å². The highest BCUT2D eigenvalue weighted by atomic mass is 19.1. The molecule has 0 saturated heterocycles. The van der Waals surface area contributed by atoms with E-state index in [1.54, 1.807) is 18.2 Å². The second-order valence-corrected chi connectivity index (χ2v) is 4.37. The van der Waals surface area contributed by atoms with E-state index in [2.05, 4.69) is 0 Å². The predicted molar refractivity (Wildman–Crippen MR) is 64.9 cm³/mol. The summed E-state index contributed by atoms with van der Waals surface area (Å²) < 4.78 is 50.6. The molecule has 3 rings (SSSR count). The molecule has 2 N–H and O–H groups in total. The van der Waals surface area contributed by atoms with Gasteiger partial charge in [0.05, 0.1) is 6.04 Å². The third kappa shape index (κ3) is 2.08. The number of benzene rings is 2. The summed E-state index contributed by atoms with van der Waals surface area (Å²) in [6, 6.07) is 4.88. The summed E-state index contributed by atoms with van der Waals surface area (Å²) >= 11 is 0. The Kier molecular flexibility index (Phi) is 3.02. The van der Waals surface area contributed by atoms with Crippen molar-refractivity contribution in [3.05, 3.63) is 58.9 Å². The van der Waals surface area contributed by atoms with Crippen molar-refractivity contribution < 1.29 is 22.6 Å². The van der Waals surface area contributed by atoms with Crippen molar-refractivity contribution in [1.82, 2.24) is 0 Å². The third-order valence-corrected chi connectivity index (χ3v) is 3.11. The molecule has 0 aromatic heterocycles. The van der Waals surface area contributed by atoms with Crippen LogP contribution in [0.5, 0.6) is 11.5 Å². The third-order valence-electron chi connectivity index (χ3n) is 3.11. The van der Waals surface area contributed by atoms with E-state index < -0.39 is 23.5 Å². The van der Waals surface area contributed by atoms with Gasteiger partial charge in [-0.25, -0.2) is 13.2 Å². The standard InChI is InChI=1S/C14H10F3NO2/c15-8-4-9(16)13(10(17)5-8)14(18)7-1-2-11-12(3-7)20-6-19-11/h1-5,14H,6,18H2. The van der Waals surface area contributed by atoms with Crippen LogP contribution in [0.2, 0.25) is 0 Å². The minimum Gasteiger partial charge on any atom is -0.454 e. The summed E-state index contributed by atoms with van der Waals surface area (Å²) in [6.07, 6.45) is 0. The van der Waals surface area contributed by atoms with Gasteiger partial charge in [-0.1, -0.05) is 6.07 Å². The number of halogens is 3. The van der Waals surface area contributed by atoms with E-state index in [1.165, 1.54) is 0 Å². The van der Waals surface area contributed by atoms with Gasteiger partial charge in [-0.05, 0) is 17.7 Å². The van der Waals surface area contributed by atoms with Crippen molar-refractivity contribution in [1.29, 1.82) is 0 Å². The van der Waals surface area contributed by atoms with Crippen LogP contribution >= 0.6 is 0 Å². The summed E-state index contributed by atoms with van der Waals surface area (Å²) in [5, 5.41) is 0. The maximum atomic E-state index is 13.7. The lowest BCUT2D eigenvalue weighted by atomic mass is 9.98. The molecular weight excluding hydrogens is 271 g/mol. The molecule has 0 fully saturated rings. The molecule has 1 heterocycles. The Hall–Kier alpha value is -2.21. The molecule has 0 spiro atoms. The molecule has 2 aromatic rings. The first-order valence-corrected chi connectivity index (χ1v) is 5.86. The summed E-state index contributed by atoms with van der Waals surface area (Å²) in [5.74, 6) is -2.02. The zero-order valence-electron chi connectivity index (χ0n) is 10.2. The van der Waals surface area contributed by atoms with Crippen LogP contribution in [-0.2, 0) is 0 Å². The van der Waals surface area contributed by atoms with Gasteiger partial charge in [0.15, 0.2) is 11.5 Å². The molecule has 3 nitrogen and oxygen atoms in total. The topological polar surface area (TPSA) is 44.5 Å². The molecule has 6 heteroatoms. The smallest absolute Gasteiger partial charge is 0.231 e. The van der Waals surface area contributed by atoms with Gasteiger partial charge in [-0.15, -0.1) is 0 Å². The fraction of sp³-hybridized carbons (Fsp3) is 0.143. The molecule has 1 unspecified atom stereocenters. The lowest BCUT2D eigenvalue weighted by molar-refractivity contribution is 0.174. The van der Waals surface area contributed by atoms with Gasteiger partial charge < -0.3 is 15.2 Å². The molecule has 0 radical (unpaired) electrons. The van der Waals surface area contributed by atoms with Crippen LogP contribution in [-0.4, -0.2) is 6.79 Å². The average molecular weight is 281 g/mol. The highest BCUT2D eigenvalue weighted by Crippen LogP contribution is 2.35. The van der Waals surface area contributed by atoms with Crippen LogP contribution < -0.4 is 15.2 Å². The van der Waals surface area contributed by atoms with Crippen molar-refractivity contribution in [2.45, 2.75) is 6.04 Å². The molecule has 1 aliphatic rings. The fourth-order valence-electron chi connectivity index (χ4n) is 2.12. The van der Waals surface area contributed by atoms with Gasteiger partial charge in [0.2, 0.25) is 6.79 Å². The molecule has 0 saturated carbocycles. The molecule has 0 amide bonds. The highest BCUT2D eigenvalue weighted by molar-refractivity contribution is 5.47. The molecule has 0 aliphatic carbocycles. The van der Waals surface area contributed by atoms with Crippen molar-refractivity contribution >= 4 is 0 Å². The number of fused-ring (bicyclic) bond motifs is 1. The number of ether oxygens (including phenoxy) is 2. The summed E-state index contributed by atoms with van der Waals surface area (Å²) in [7, 11) is 0. The normalized spacial score (nSPS) is 14.4. The number of hydrogen-bond acceptors (Lipinski definition) is 3. The van der Waals surface area contributed by atoms with Crippen LogP contribution in [0.3, 0.4) is 0 Å². The molecular formula is C14H10F3NO2. The van der Waals surface area contributed by atoms with E-state index in [0.29, 0.717) is 29.2 Å². The zero-order valence-corrected chi connectivity index (χ0v) is 10.2. The van der Waals surface area contributed by atoms with E-state index in [9.17, 15) is 13.2 Å². The molecule has 2 aromatic carbocycles. The van der Waals surface area contributed by atoms with E-state index in [0.717, 1.165) is 0 Å². The monoisotopic (exact) mass is 281 g/mol. The van der Waals surface area contributed by atoms with Gasteiger partial charge >= 0.3 is 0 Å². The maximum absolute atomic E-state index is 13.7. The predicted octanol–water partition coefficient (Wildman–Crippen LogP) is 2.88. The molecule has 104 valence electrons. The Labute approximate surface area is 112 Å². The van der Waals surface area contributed by atoms with Crippen LogP contribution in [0.1, 0.15) is 17.2 Å². The highest BCUT2D eigenvalue weighted by Gasteiger charge is 2.22. The molecule has 0 bridgehead atoms. The SMILES string of the molecule is NC(c1ccc2c(c1)OCO2)c1c(F)cc(F)cc1F. The first kappa shape index (κ1) is 12.8. The Bertz CT molecular complexity index is 652. The van der Waals surface area contributed by atoms with Crippen LogP contribution in [0.15, 0.2) is 30.3 Å². The minimum absolute atomic E-state index is 0.0906. The van der Waals surface area contributed by atoms with E-state index >= 15 is 0 Å². The van der Waals surface area contributed by atoms with Crippen molar-refractivity contribution in [2.75, 3.05) is 6.79 Å². The molecule has 20 heavy (non-hydrogen) atoms. The van der Waals surface area contributed by atoms with E-state index in [1.807, 2.05) is 0 Å². The fourth-order valence-corrected chi connectivity index (χ4v) is 2.12. The van der Waals surface area contributed by atoms with Gasteiger partial charge in [0.25, 0.3) is 0 Å². The van der Waals surface area contributed by atoms with E-state index in [-0.39, 0.29) is 12.4 Å². The molecule has 1 aliphatic heterocycles. The lowest BCUT2D eigenvalue weighted by Gasteiger charge is -2.15. The average Bonchev–Trinajstić information content (AvgIpc) is 2.84. The number of nitrogens with two attached hydrogens (primary N) is 1. The summed E-state index contributed by atoms with van der Waals surface area (Å²) in [5.41, 5.74) is 5.92. The second-order valence-electron chi connectivity index (χ2n) is 4.37. The van der Waals surface area contributed by atoms with Crippen molar-refractivity contribution in [3.8, 4) is 11.5 Å². The Morgan fingerprint density at radius 3 is 2.30 bits per heavy atom.